The molecule has 2 aromatic heterocycles. The molecular formula is C13H17N5O. The van der Waals surface area contributed by atoms with E-state index in [-0.39, 0.29) is 11.5 Å². The second-order valence-corrected chi connectivity index (χ2v) is 4.64. The van der Waals surface area contributed by atoms with Gasteiger partial charge in [0.25, 0.3) is 5.56 Å². The number of hydrogen-bond acceptors (Lipinski definition) is 4. The van der Waals surface area contributed by atoms with Gasteiger partial charge in [-0.25, -0.2) is 0 Å². The fourth-order valence-electron chi connectivity index (χ4n) is 1.78. The number of rotatable bonds is 2. The highest BCUT2D eigenvalue weighted by Gasteiger charge is 2.10. The van der Waals surface area contributed by atoms with Crippen LogP contribution < -0.4 is 16.6 Å². The topological polar surface area (TPSA) is 88.7 Å². The maximum absolute atomic E-state index is 11.9. The van der Waals surface area contributed by atoms with Crippen LogP contribution >= 0.6 is 0 Å². The Labute approximate surface area is 111 Å². The molecule has 0 spiro atoms. The highest BCUT2D eigenvalue weighted by molar-refractivity contribution is 5.83. The summed E-state index contributed by atoms with van der Waals surface area (Å²) in [5.74, 6) is 6.09. The van der Waals surface area contributed by atoms with E-state index in [2.05, 4.69) is 41.0 Å². The minimum absolute atomic E-state index is 0.111. The van der Waals surface area contributed by atoms with Gasteiger partial charge in [-0.2, -0.15) is 4.98 Å². The number of aromatic amines is 1. The molecule has 0 unspecified atom stereocenters. The molecule has 0 aliphatic carbocycles. The van der Waals surface area contributed by atoms with Gasteiger partial charge in [0.1, 0.15) is 0 Å². The van der Waals surface area contributed by atoms with Gasteiger partial charge in [-0.3, -0.25) is 9.78 Å². The maximum atomic E-state index is 11.9. The van der Waals surface area contributed by atoms with Crippen LogP contribution in [0.1, 0.15) is 19.4 Å². The van der Waals surface area contributed by atoms with E-state index >= 15 is 0 Å². The Bertz CT molecular complexity index is 714. The Morgan fingerprint density at radius 1 is 1.58 bits per heavy atom. The Morgan fingerprint density at radius 2 is 2.32 bits per heavy atom. The Balaban J connectivity index is 2.42. The molecule has 2 aromatic rings. The van der Waals surface area contributed by atoms with Crippen LogP contribution in [0.25, 0.3) is 11.0 Å². The minimum atomic E-state index is -0.260. The maximum Gasteiger partial charge on any atom is 0.263 e. The van der Waals surface area contributed by atoms with Crippen molar-refractivity contribution in [3.63, 3.8) is 0 Å². The molecule has 0 aromatic carbocycles. The quantitative estimate of drug-likeness (QED) is 0.672. The third kappa shape index (κ3) is 2.77. The molecule has 0 saturated heterocycles. The SMILES string of the molecule is CC(C)NCC#Cc1cn(C)c2nc(N)[nH]c(=O)c12. The molecule has 0 saturated carbocycles. The molecule has 6 heteroatoms. The van der Waals surface area contributed by atoms with Crippen LogP contribution in [0.4, 0.5) is 5.95 Å². The molecular weight excluding hydrogens is 242 g/mol. The van der Waals surface area contributed by atoms with Crippen LogP contribution in [0.3, 0.4) is 0 Å². The van der Waals surface area contributed by atoms with E-state index in [0.29, 0.717) is 29.2 Å². The van der Waals surface area contributed by atoms with Gasteiger partial charge in [0, 0.05) is 19.3 Å². The Hall–Kier alpha value is -2.26. The molecule has 4 N–H and O–H groups in total. The van der Waals surface area contributed by atoms with Crippen LogP contribution in [-0.2, 0) is 7.05 Å². The van der Waals surface area contributed by atoms with Crippen LogP contribution in [-0.4, -0.2) is 27.1 Å². The number of nitrogens with two attached hydrogens (primary N) is 1. The second-order valence-electron chi connectivity index (χ2n) is 4.64. The lowest BCUT2D eigenvalue weighted by Gasteiger charge is -2.01. The molecule has 2 heterocycles. The van der Waals surface area contributed by atoms with Gasteiger partial charge < -0.3 is 15.6 Å². The van der Waals surface area contributed by atoms with Crippen LogP contribution in [0.2, 0.25) is 0 Å². The molecule has 2 rings (SSSR count). The molecule has 0 fully saturated rings. The number of aryl methyl sites for hydroxylation is 1. The molecule has 0 aliphatic heterocycles. The van der Waals surface area contributed by atoms with Crippen molar-refractivity contribution in [2.75, 3.05) is 12.3 Å². The van der Waals surface area contributed by atoms with Crippen LogP contribution in [0.5, 0.6) is 0 Å². The van der Waals surface area contributed by atoms with Gasteiger partial charge in [-0.1, -0.05) is 11.8 Å². The van der Waals surface area contributed by atoms with E-state index in [1.165, 1.54) is 0 Å². The fourth-order valence-corrected chi connectivity index (χ4v) is 1.78. The van der Waals surface area contributed by atoms with Gasteiger partial charge in [-0.15, -0.1) is 0 Å². The molecule has 0 amide bonds. The summed E-state index contributed by atoms with van der Waals surface area (Å²) in [5.41, 5.74) is 6.48. The van der Waals surface area contributed by atoms with E-state index in [9.17, 15) is 4.79 Å². The average Bonchev–Trinajstić information content (AvgIpc) is 2.62. The molecule has 0 radical (unpaired) electrons. The van der Waals surface area contributed by atoms with Crippen molar-refractivity contribution >= 4 is 17.0 Å². The van der Waals surface area contributed by atoms with Crippen molar-refractivity contribution in [3.05, 3.63) is 22.1 Å². The lowest BCUT2D eigenvalue weighted by molar-refractivity contribution is 0.638. The lowest BCUT2D eigenvalue weighted by Crippen LogP contribution is -2.22. The highest BCUT2D eigenvalue weighted by atomic mass is 16.1. The number of nitrogens with one attached hydrogen (secondary N) is 2. The van der Waals surface area contributed by atoms with Gasteiger partial charge in [0.15, 0.2) is 5.65 Å². The van der Waals surface area contributed by atoms with Crippen molar-refractivity contribution in [2.45, 2.75) is 19.9 Å². The standard InChI is InChI=1S/C13H17N5O/c1-8(2)15-6-4-5-9-7-18(3)11-10(9)12(19)17-13(14)16-11/h7-8,15H,6H2,1-3H3,(H3,14,16,17,19). The van der Waals surface area contributed by atoms with Gasteiger partial charge in [-0.05, 0) is 13.8 Å². The number of H-pyrrole nitrogens is 1. The summed E-state index contributed by atoms with van der Waals surface area (Å²) in [6.07, 6.45) is 1.79. The number of hydrogen-bond donors (Lipinski definition) is 3. The first kappa shape index (κ1) is 13.2. The van der Waals surface area contributed by atoms with Gasteiger partial charge in [0.05, 0.1) is 17.5 Å². The zero-order valence-corrected chi connectivity index (χ0v) is 11.2. The number of fused-ring (bicyclic) bond motifs is 1. The van der Waals surface area contributed by atoms with E-state index in [1.807, 2.05) is 7.05 Å². The summed E-state index contributed by atoms with van der Waals surface area (Å²) >= 11 is 0. The highest BCUT2D eigenvalue weighted by Crippen LogP contribution is 2.13. The van der Waals surface area contributed by atoms with E-state index in [0.717, 1.165) is 0 Å². The monoisotopic (exact) mass is 259 g/mol. The Morgan fingerprint density at radius 3 is 3.00 bits per heavy atom. The van der Waals surface area contributed by atoms with E-state index < -0.39 is 0 Å². The zero-order valence-electron chi connectivity index (χ0n) is 11.2. The smallest absolute Gasteiger partial charge is 0.263 e. The lowest BCUT2D eigenvalue weighted by atomic mass is 10.2. The van der Waals surface area contributed by atoms with Crippen LogP contribution in [0, 0.1) is 11.8 Å². The first-order valence-corrected chi connectivity index (χ1v) is 6.06. The average molecular weight is 259 g/mol. The number of anilines is 1. The summed E-state index contributed by atoms with van der Waals surface area (Å²) in [6.45, 7) is 4.68. The molecule has 0 bridgehead atoms. The third-order valence-electron chi connectivity index (χ3n) is 2.67. The summed E-state index contributed by atoms with van der Waals surface area (Å²) in [5, 5.41) is 3.67. The fraction of sp³-hybridized carbons (Fsp3) is 0.385. The Kier molecular flexibility index (Phi) is 3.58. The third-order valence-corrected chi connectivity index (χ3v) is 2.67. The largest absolute Gasteiger partial charge is 0.369 e. The first-order valence-electron chi connectivity index (χ1n) is 6.06. The van der Waals surface area contributed by atoms with Crippen molar-refractivity contribution in [3.8, 4) is 11.8 Å². The van der Waals surface area contributed by atoms with Crippen molar-refractivity contribution in [1.82, 2.24) is 19.9 Å². The molecule has 6 nitrogen and oxygen atoms in total. The zero-order chi connectivity index (χ0) is 14.0. The predicted molar refractivity (Wildman–Crippen MR) is 75.8 cm³/mol. The second kappa shape index (κ2) is 5.16. The molecule has 0 aliphatic rings. The summed E-state index contributed by atoms with van der Waals surface area (Å²) < 4.78 is 1.75. The summed E-state index contributed by atoms with van der Waals surface area (Å²) in [7, 11) is 1.81. The summed E-state index contributed by atoms with van der Waals surface area (Å²) in [4.78, 5) is 18.5. The van der Waals surface area contributed by atoms with E-state index in [4.69, 9.17) is 5.73 Å². The summed E-state index contributed by atoms with van der Waals surface area (Å²) in [6, 6.07) is 0.381. The number of nitrogens with zero attached hydrogens (tertiary/aromatic N) is 2. The number of nitrogen functional groups attached to an aromatic ring is 1. The van der Waals surface area contributed by atoms with Crippen molar-refractivity contribution < 1.29 is 0 Å². The molecule has 0 atom stereocenters. The first-order chi connectivity index (χ1) is 8.99. The molecule has 19 heavy (non-hydrogen) atoms. The van der Waals surface area contributed by atoms with E-state index in [1.54, 1.807) is 10.8 Å². The van der Waals surface area contributed by atoms with Crippen LogP contribution in [0.15, 0.2) is 11.0 Å². The minimum Gasteiger partial charge on any atom is -0.369 e. The van der Waals surface area contributed by atoms with Crippen molar-refractivity contribution in [1.29, 1.82) is 0 Å². The molecule has 100 valence electrons. The predicted octanol–water partition coefficient (Wildman–Crippen LogP) is 0.193. The van der Waals surface area contributed by atoms with Gasteiger partial charge >= 0.3 is 0 Å². The number of aromatic nitrogens is 3. The van der Waals surface area contributed by atoms with Crippen molar-refractivity contribution in [2.24, 2.45) is 7.05 Å². The van der Waals surface area contributed by atoms with Gasteiger partial charge in [0.2, 0.25) is 5.95 Å². The normalized spacial score (nSPS) is 10.7.